The first-order valence-electron chi connectivity index (χ1n) is 3.95. The van der Waals surface area contributed by atoms with Crippen LogP contribution in [0.1, 0.15) is 20.3 Å². The van der Waals surface area contributed by atoms with Crippen molar-refractivity contribution >= 4 is 0 Å². The first-order valence-corrected chi connectivity index (χ1v) is 3.95. The lowest BCUT2D eigenvalue weighted by Crippen LogP contribution is -2.52. The van der Waals surface area contributed by atoms with Gasteiger partial charge in [0.1, 0.15) is 6.10 Å². The Morgan fingerprint density at radius 1 is 1.64 bits per heavy atom. The summed E-state index contributed by atoms with van der Waals surface area (Å²) in [6.07, 6.45) is 0.129. The SMILES string of the molecule is COC1(C)CCOC(C)[C@@H]1O. The fraction of sp³-hybridized carbons (Fsp3) is 1.00. The van der Waals surface area contributed by atoms with Gasteiger partial charge in [0.15, 0.2) is 0 Å². The molecule has 0 aliphatic carbocycles. The molecule has 11 heavy (non-hydrogen) atoms. The molecule has 0 spiro atoms. The third kappa shape index (κ3) is 1.55. The van der Waals surface area contributed by atoms with E-state index in [1.807, 2.05) is 13.8 Å². The van der Waals surface area contributed by atoms with E-state index < -0.39 is 11.7 Å². The Bertz CT molecular complexity index is 137. The van der Waals surface area contributed by atoms with E-state index in [9.17, 15) is 5.11 Å². The molecule has 2 unspecified atom stereocenters. The van der Waals surface area contributed by atoms with Crippen LogP contribution in [0, 0.1) is 0 Å². The maximum atomic E-state index is 9.65. The maximum absolute atomic E-state index is 9.65. The zero-order valence-corrected chi connectivity index (χ0v) is 7.33. The minimum atomic E-state index is -0.513. The van der Waals surface area contributed by atoms with Gasteiger partial charge in [0.05, 0.1) is 11.7 Å². The number of hydrogen-bond acceptors (Lipinski definition) is 3. The van der Waals surface area contributed by atoms with Gasteiger partial charge in [-0.15, -0.1) is 0 Å². The third-order valence-corrected chi connectivity index (χ3v) is 2.52. The molecule has 0 radical (unpaired) electrons. The van der Waals surface area contributed by atoms with Gasteiger partial charge in [0.2, 0.25) is 0 Å². The molecule has 1 aliphatic rings. The summed E-state index contributed by atoms with van der Waals surface area (Å²) in [5, 5.41) is 9.65. The van der Waals surface area contributed by atoms with Crippen LogP contribution in [0.2, 0.25) is 0 Å². The molecule has 0 aromatic heterocycles. The van der Waals surface area contributed by atoms with Crippen LogP contribution in [0.3, 0.4) is 0 Å². The maximum Gasteiger partial charge on any atom is 0.109 e. The second kappa shape index (κ2) is 3.09. The van der Waals surface area contributed by atoms with Gasteiger partial charge in [-0.1, -0.05) is 0 Å². The Morgan fingerprint density at radius 2 is 2.27 bits per heavy atom. The Hall–Kier alpha value is -0.120. The summed E-state index contributed by atoms with van der Waals surface area (Å²) in [7, 11) is 1.63. The Morgan fingerprint density at radius 3 is 2.73 bits per heavy atom. The third-order valence-electron chi connectivity index (χ3n) is 2.52. The molecule has 66 valence electrons. The summed E-state index contributed by atoms with van der Waals surface area (Å²) in [6, 6.07) is 0. The molecule has 0 bridgehead atoms. The van der Waals surface area contributed by atoms with E-state index in [-0.39, 0.29) is 6.10 Å². The van der Waals surface area contributed by atoms with Gasteiger partial charge in [-0.3, -0.25) is 0 Å². The van der Waals surface area contributed by atoms with Gasteiger partial charge in [-0.2, -0.15) is 0 Å². The quantitative estimate of drug-likeness (QED) is 0.609. The number of aliphatic hydroxyl groups is 1. The zero-order valence-electron chi connectivity index (χ0n) is 7.33. The molecular formula is C8H16O3. The highest BCUT2D eigenvalue weighted by Gasteiger charge is 2.40. The van der Waals surface area contributed by atoms with Crippen LogP contribution in [-0.2, 0) is 9.47 Å². The number of rotatable bonds is 1. The fourth-order valence-electron chi connectivity index (χ4n) is 1.41. The minimum absolute atomic E-state index is 0.117. The lowest BCUT2D eigenvalue weighted by atomic mass is 9.89. The van der Waals surface area contributed by atoms with Gasteiger partial charge < -0.3 is 14.6 Å². The van der Waals surface area contributed by atoms with Crippen molar-refractivity contribution < 1.29 is 14.6 Å². The average Bonchev–Trinajstić information content (AvgIpc) is 2.00. The number of aliphatic hydroxyl groups excluding tert-OH is 1. The second-order valence-corrected chi connectivity index (χ2v) is 3.29. The first-order chi connectivity index (χ1) is 5.10. The van der Waals surface area contributed by atoms with Gasteiger partial charge in [-0.05, 0) is 13.8 Å². The zero-order chi connectivity index (χ0) is 8.48. The highest BCUT2D eigenvalue weighted by Crippen LogP contribution is 2.27. The molecule has 0 aromatic rings. The first kappa shape index (κ1) is 8.97. The summed E-state index contributed by atoms with van der Waals surface area (Å²) >= 11 is 0. The molecular weight excluding hydrogens is 144 g/mol. The normalized spacial score (nSPS) is 45.8. The fourth-order valence-corrected chi connectivity index (χ4v) is 1.41. The lowest BCUT2D eigenvalue weighted by molar-refractivity contribution is -0.188. The monoisotopic (exact) mass is 160 g/mol. The molecule has 0 amide bonds. The van der Waals surface area contributed by atoms with Crippen molar-refractivity contribution in [3.8, 4) is 0 Å². The van der Waals surface area contributed by atoms with Crippen molar-refractivity contribution in [2.45, 2.75) is 38.1 Å². The minimum Gasteiger partial charge on any atom is -0.387 e. The van der Waals surface area contributed by atoms with Gasteiger partial charge >= 0.3 is 0 Å². The molecule has 1 aliphatic heterocycles. The van der Waals surface area contributed by atoms with E-state index >= 15 is 0 Å². The lowest BCUT2D eigenvalue weighted by Gasteiger charge is -2.40. The molecule has 3 heteroatoms. The average molecular weight is 160 g/mol. The molecule has 0 saturated carbocycles. The number of hydrogen-bond donors (Lipinski definition) is 1. The molecule has 1 rings (SSSR count). The molecule has 3 nitrogen and oxygen atoms in total. The Kier molecular flexibility index (Phi) is 2.52. The summed E-state index contributed by atoms with van der Waals surface area (Å²) in [6.45, 7) is 4.44. The summed E-state index contributed by atoms with van der Waals surface area (Å²) < 4.78 is 10.5. The molecule has 1 N–H and O–H groups in total. The van der Waals surface area contributed by atoms with Gasteiger partial charge in [0, 0.05) is 20.1 Å². The summed E-state index contributed by atoms with van der Waals surface area (Å²) in [5.41, 5.74) is -0.419. The number of methoxy groups -OCH3 is 1. The van der Waals surface area contributed by atoms with E-state index in [2.05, 4.69) is 0 Å². The standard InChI is InChI=1S/C8H16O3/c1-6-7(9)8(2,10-3)4-5-11-6/h6-7,9H,4-5H2,1-3H3/t6?,7-,8?/m0/s1. The van der Waals surface area contributed by atoms with E-state index in [1.165, 1.54) is 0 Å². The molecule has 1 saturated heterocycles. The predicted octanol–water partition coefficient (Wildman–Crippen LogP) is 0.561. The van der Waals surface area contributed by atoms with Crippen LogP contribution in [0.4, 0.5) is 0 Å². The molecule has 1 fully saturated rings. The van der Waals surface area contributed by atoms with Crippen LogP contribution in [0.5, 0.6) is 0 Å². The van der Waals surface area contributed by atoms with Crippen LogP contribution in [0.15, 0.2) is 0 Å². The van der Waals surface area contributed by atoms with E-state index in [0.717, 1.165) is 6.42 Å². The molecule has 1 heterocycles. The van der Waals surface area contributed by atoms with Crippen LogP contribution >= 0.6 is 0 Å². The smallest absolute Gasteiger partial charge is 0.109 e. The van der Waals surface area contributed by atoms with Crippen molar-refractivity contribution in [2.24, 2.45) is 0 Å². The number of ether oxygens (including phenoxy) is 2. The van der Waals surface area contributed by atoms with E-state index in [0.29, 0.717) is 6.61 Å². The van der Waals surface area contributed by atoms with Crippen LogP contribution in [-0.4, -0.2) is 36.6 Å². The largest absolute Gasteiger partial charge is 0.387 e. The van der Waals surface area contributed by atoms with E-state index in [4.69, 9.17) is 9.47 Å². The summed E-state index contributed by atoms with van der Waals surface area (Å²) in [5.74, 6) is 0. The Labute approximate surface area is 67.3 Å². The van der Waals surface area contributed by atoms with Crippen molar-refractivity contribution in [3.63, 3.8) is 0 Å². The highest BCUT2D eigenvalue weighted by atomic mass is 16.5. The van der Waals surface area contributed by atoms with E-state index in [1.54, 1.807) is 7.11 Å². The van der Waals surface area contributed by atoms with Crippen molar-refractivity contribution in [2.75, 3.05) is 13.7 Å². The van der Waals surface area contributed by atoms with Crippen LogP contribution < -0.4 is 0 Å². The molecule has 3 atom stereocenters. The Balaban J connectivity index is 2.64. The van der Waals surface area contributed by atoms with Crippen LogP contribution in [0.25, 0.3) is 0 Å². The summed E-state index contributed by atoms with van der Waals surface area (Å²) in [4.78, 5) is 0. The van der Waals surface area contributed by atoms with Gasteiger partial charge in [-0.25, -0.2) is 0 Å². The highest BCUT2D eigenvalue weighted by molar-refractivity contribution is 4.90. The topological polar surface area (TPSA) is 38.7 Å². The molecule has 0 aromatic carbocycles. The second-order valence-electron chi connectivity index (χ2n) is 3.29. The van der Waals surface area contributed by atoms with Crippen molar-refractivity contribution in [1.82, 2.24) is 0 Å². The van der Waals surface area contributed by atoms with Gasteiger partial charge in [0.25, 0.3) is 0 Å². The van der Waals surface area contributed by atoms with Crippen molar-refractivity contribution in [3.05, 3.63) is 0 Å². The predicted molar refractivity (Wildman–Crippen MR) is 41.5 cm³/mol. The van der Waals surface area contributed by atoms with Crippen molar-refractivity contribution in [1.29, 1.82) is 0 Å².